The van der Waals surface area contributed by atoms with Crippen LogP contribution in [0.15, 0.2) is 0 Å². The fourth-order valence-electron chi connectivity index (χ4n) is 3.54. The molecule has 1 amide bonds. The third-order valence-electron chi connectivity index (χ3n) is 4.64. The van der Waals surface area contributed by atoms with Crippen LogP contribution in [0.25, 0.3) is 0 Å². The summed E-state index contributed by atoms with van der Waals surface area (Å²) in [6.07, 6.45) is 7.04. The van der Waals surface area contributed by atoms with Crippen molar-refractivity contribution >= 4 is 5.91 Å². The van der Waals surface area contributed by atoms with Crippen molar-refractivity contribution < 1.29 is 4.79 Å². The Morgan fingerprint density at radius 3 is 2.67 bits per heavy atom. The largest absolute Gasteiger partial charge is 0.338 e. The van der Waals surface area contributed by atoms with E-state index in [-0.39, 0.29) is 0 Å². The van der Waals surface area contributed by atoms with Crippen LogP contribution in [-0.4, -0.2) is 36.5 Å². The van der Waals surface area contributed by atoms with Gasteiger partial charge >= 0.3 is 0 Å². The van der Waals surface area contributed by atoms with Crippen molar-refractivity contribution in [2.45, 2.75) is 58.4 Å². The molecule has 1 saturated heterocycles. The Bertz CT molecular complexity index is 274. The summed E-state index contributed by atoms with van der Waals surface area (Å²) in [5.41, 5.74) is 0. The van der Waals surface area contributed by atoms with E-state index in [1.54, 1.807) is 0 Å². The summed E-state index contributed by atoms with van der Waals surface area (Å²) < 4.78 is 0. The number of amides is 1. The lowest BCUT2D eigenvalue weighted by Crippen LogP contribution is -2.51. The Kier molecular flexibility index (Phi) is 5.04. The van der Waals surface area contributed by atoms with Crippen molar-refractivity contribution in [3.8, 4) is 0 Å². The van der Waals surface area contributed by atoms with Crippen molar-refractivity contribution in [1.82, 2.24) is 10.2 Å². The normalized spacial score (nSPS) is 32.4. The van der Waals surface area contributed by atoms with E-state index in [0.717, 1.165) is 32.5 Å². The fraction of sp³-hybridized carbons (Fsp3) is 0.933. The van der Waals surface area contributed by atoms with Gasteiger partial charge in [-0.25, -0.2) is 0 Å². The highest BCUT2D eigenvalue weighted by molar-refractivity contribution is 5.79. The maximum atomic E-state index is 12.7. The molecule has 3 atom stereocenters. The van der Waals surface area contributed by atoms with Gasteiger partial charge in [-0.3, -0.25) is 4.79 Å². The second-order valence-electron chi connectivity index (χ2n) is 6.05. The number of nitrogens with one attached hydrogen (secondary N) is 1. The van der Waals surface area contributed by atoms with Crippen molar-refractivity contribution in [1.29, 1.82) is 0 Å². The second-order valence-corrected chi connectivity index (χ2v) is 6.05. The van der Waals surface area contributed by atoms with Gasteiger partial charge in [-0.2, -0.15) is 0 Å². The number of nitrogens with zero attached hydrogens (tertiary/aromatic N) is 1. The lowest BCUT2D eigenvalue weighted by Gasteiger charge is -2.37. The van der Waals surface area contributed by atoms with Gasteiger partial charge in [-0.1, -0.05) is 20.3 Å². The molecule has 0 radical (unpaired) electrons. The molecule has 18 heavy (non-hydrogen) atoms. The molecule has 0 aromatic carbocycles. The van der Waals surface area contributed by atoms with E-state index in [2.05, 4.69) is 24.1 Å². The molecule has 1 aliphatic heterocycles. The summed E-state index contributed by atoms with van der Waals surface area (Å²) in [6.45, 7) is 7.47. The third-order valence-corrected chi connectivity index (χ3v) is 4.64. The van der Waals surface area contributed by atoms with Gasteiger partial charge in [-0.15, -0.1) is 0 Å². The van der Waals surface area contributed by atoms with E-state index in [1.807, 2.05) is 0 Å². The van der Waals surface area contributed by atoms with E-state index in [0.29, 0.717) is 23.8 Å². The molecule has 1 saturated carbocycles. The summed E-state index contributed by atoms with van der Waals surface area (Å²) in [5, 5.41) is 3.44. The number of piperidine rings is 1. The van der Waals surface area contributed by atoms with E-state index in [9.17, 15) is 4.79 Å². The maximum Gasteiger partial charge on any atom is 0.226 e. The van der Waals surface area contributed by atoms with Gasteiger partial charge in [0.05, 0.1) is 0 Å². The number of carbonyl (C=O) groups excluding carboxylic acids is 1. The first-order valence-electron chi connectivity index (χ1n) is 7.75. The van der Waals surface area contributed by atoms with Gasteiger partial charge in [-0.05, 0) is 44.6 Å². The molecule has 1 aliphatic carbocycles. The smallest absolute Gasteiger partial charge is 0.226 e. The van der Waals surface area contributed by atoms with Crippen LogP contribution >= 0.6 is 0 Å². The highest BCUT2D eigenvalue weighted by Gasteiger charge is 2.35. The summed E-state index contributed by atoms with van der Waals surface area (Å²) >= 11 is 0. The molecule has 2 fully saturated rings. The first-order chi connectivity index (χ1) is 8.74. The van der Waals surface area contributed by atoms with Crippen LogP contribution in [0.5, 0.6) is 0 Å². The zero-order valence-electron chi connectivity index (χ0n) is 12.0. The van der Waals surface area contributed by atoms with Gasteiger partial charge in [0, 0.05) is 25.0 Å². The monoisotopic (exact) mass is 252 g/mol. The minimum atomic E-state index is 0.304. The molecule has 3 unspecified atom stereocenters. The predicted molar refractivity (Wildman–Crippen MR) is 74.4 cm³/mol. The molecule has 2 rings (SSSR count). The number of hydrogen-bond donors (Lipinski definition) is 1. The molecule has 0 bridgehead atoms. The van der Waals surface area contributed by atoms with Crippen LogP contribution in [0.1, 0.15) is 52.4 Å². The summed E-state index contributed by atoms with van der Waals surface area (Å²) in [6, 6.07) is 0.444. The van der Waals surface area contributed by atoms with Crippen LogP contribution in [0.3, 0.4) is 0 Å². The van der Waals surface area contributed by atoms with Gasteiger partial charge in [0.25, 0.3) is 0 Å². The van der Waals surface area contributed by atoms with E-state index < -0.39 is 0 Å². The number of hydrogen-bond acceptors (Lipinski definition) is 2. The van der Waals surface area contributed by atoms with Gasteiger partial charge < -0.3 is 10.2 Å². The average molecular weight is 252 g/mol. The molecule has 2 aliphatic rings. The quantitative estimate of drug-likeness (QED) is 0.833. The molecule has 1 N–H and O–H groups in total. The second kappa shape index (κ2) is 6.55. The Morgan fingerprint density at radius 2 is 2.11 bits per heavy atom. The highest BCUT2D eigenvalue weighted by Crippen LogP contribution is 2.33. The zero-order valence-corrected chi connectivity index (χ0v) is 12.0. The summed E-state index contributed by atoms with van der Waals surface area (Å²) in [5.74, 6) is 1.34. The maximum absolute atomic E-state index is 12.7. The van der Waals surface area contributed by atoms with E-state index in [1.165, 1.54) is 25.7 Å². The van der Waals surface area contributed by atoms with Crippen LogP contribution in [0.4, 0.5) is 0 Å². The predicted octanol–water partition coefficient (Wildman–Crippen LogP) is 2.41. The minimum absolute atomic E-state index is 0.304. The van der Waals surface area contributed by atoms with Crippen molar-refractivity contribution in [2.24, 2.45) is 11.8 Å². The van der Waals surface area contributed by atoms with Crippen molar-refractivity contribution in [2.75, 3.05) is 19.6 Å². The molecular formula is C15H28N2O. The third kappa shape index (κ3) is 3.05. The highest BCUT2D eigenvalue weighted by atomic mass is 16.2. The average Bonchev–Trinajstić information content (AvgIpc) is 2.82. The lowest BCUT2D eigenvalue weighted by atomic mass is 9.94. The molecule has 0 aromatic rings. The Labute approximate surface area is 111 Å². The van der Waals surface area contributed by atoms with Crippen LogP contribution < -0.4 is 5.32 Å². The van der Waals surface area contributed by atoms with Crippen LogP contribution in [0, 0.1) is 11.8 Å². The van der Waals surface area contributed by atoms with Crippen molar-refractivity contribution in [3.63, 3.8) is 0 Å². The summed E-state index contributed by atoms with van der Waals surface area (Å²) in [4.78, 5) is 14.9. The standard InChI is InChI=1S/C15H28N2O/c1-3-10-17(13-7-5-9-16-11-13)15(18)14-8-4-6-12(14)2/h12-14,16H,3-11H2,1-2H3. The Morgan fingerprint density at radius 1 is 1.28 bits per heavy atom. The zero-order chi connectivity index (χ0) is 13.0. The fourth-order valence-corrected chi connectivity index (χ4v) is 3.54. The SMILES string of the molecule is CCCN(C(=O)C1CCCC1C)C1CCCNC1. The lowest BCUT2D eigenvalue weighted by molar-refractivity contribution is -0.139. The minimum Gasteiger partial charge on any atom is -0.338 e. The van der Waals surface area contributed by atoms with E-state index in [4.69, 9.17) is 0 Å². The Balaban J connectivity index is 2.01. The van der Waals surface area contributed by atoms with E-state index >= 15 is 0 Å². The molecule has 104 valence electrons. The molecular weight excluding hydrogens is 224 g/mol. The number of carbonyl (C=O) groups is 1. The summed E-state index contributed by atoms with van der Waals surface area (Å²) in [7, 11) is 0. The molecule has 1 heterocycles. The van der Waals surface area contributed by atoms with Crippen LogP contribution in [0.2, 0.25) is 0 Å². The van der Waals surface area contributed by atoms with Gasteiger partial charge in [0.2, 0.25) is 5.91 Å². The molecule has 0 aromatic heterocycles. The molecule has 3 heteroatoms. The van der Waals surface area contributed by atoms with Crippen molar-refractivity contribution in [3.05, 3.63) is 0 Å². The number of rotatable bonds is 4. The Hall–Kier alpha value is -0.570. The van der Waals surface area contributed by atoms with Gasteiger partial charge in [0.1, 0.15) is 0 Å². The first kappa shape index (κ1) is 13.9. The topological polar surface area (TPSA) is 32.3 Å². The molecule has 3 nitrogen and oxygen atoms in total. The molecule has 0 spiro atoms. The first-order valence-corrected chi connectivity index (χ1v) is 7.75. The van der Waals surface area contributed by atoms with Gasteiger partial charge in [0.15, 0.2) is 0 Å². The van der Waals surface area contributed by atoms with Crippen LogP contribution in [-0.2, 0) is 4.79 Å².